The lowest BCUT2D eigenvalue weighted by Gasteiger charge is -2.35. The molecule has 182 valence electrons. The van der Waals surface area contributed by atoms with Crippen LogP contribution >= 0.6 is 0 Å². The van der Waals surface area contributed by atoms with E-state index in [2.05, 4.69) is 25.7 Å². The molecular formula is C22H23F4N5O3. The van der Waals surface area contributed by atoms with Crippen molar-refractivity contribution in [1.82, 2.24) is 24.2 Å². The van der Waals surface area contributed by atoms with Crippen molar-refractivity contribution in [3.8, 4) is 11.3 Å². The number of imidazole rings is 1. The smallest absolute Gasteiger partial charge is 0.475 e. The highest BCUT2D eigenvalue weighted by Gasteiger charge is 2.43. The molecule has 1 unspecified atom stereocenters. The first-order chi connectivity index (χ1) is 16.0. The number of alkyl halides is 3. The zero-order valence-electron chi connectivity index (χ0n) is 18.3. The summed E-state index contributed by atoms with van der Waals surface area (Å²) < 4.78 is 55.7. The van der Waals surface area contributed by atoms with Crippen LogP contribution in [0.1, 0.15) is 17.8 Å². The maximum absolute atomic E-state index is 13.7. The number of aliphatic carboxylic acids is 1. The molecule has 4 heterocycles. The SMILES string of the molecule is Cn1cc(CN2CCC3(C2)Cn2c(-c4cccc(F)c4)cnc2CO3)cn1.O=C(O)C(F)(F)F. The van der Waals surface area contributed by atoms with E-state index < -0.39 is 12.1 Å². The first-order valence-corrected chi connectivity index (χ1v) is 10.5. The Morgan fingerprint density at radius 2 is 2.03 bits per heavy atom. The molecule has 0 radical (unpaired) electrons. The fourth-order valence-electron chi connectivity index (χ4n) is 4.26. The van der Waals surface area contributed by atoms with Gasteiger partial charge in [0.15, 0.2) is 0 Å². The molecule has 2 aliphatic rings. The first-order valence-electron chi connectivity index (χ1n) is 10.5. The Bertz CT molecular complexity index is 1180. The molecule has 1 fully saturated rings. The number of carbonyl (C=O) groups is 1. The number of likely N-dealkylation sites (tertiary alicyclic amines) is 1. The minimum Gasteiger partial charge on any atom is -0.475 e. The van der Waals surface area contributed by atoms with Crippen LogP contribution in [-0.2, 0) is 36.3 Å². The Morgan fingerprint density at radius 1 is 1.26 bits per heavy atom. The van der Waals surface area contributed by atoms with Crippen molar-refractivity contribution in [2.45, 2.75) is 37.9 Å². The third-order valence-electron chi connectivity index (χ3n) is 5.81. The van der Waals surface area contributed by atoms with E-state index in [4.69, 9.17) is 14.6 Å². The van der Waals surface area contributed by atoms with E-state index >= 15 is 0 Å². The fraction of sp³-hybridized carbons (Fsp3) is 0.409. The molecule has 5 rings (SSSR count). The van der Waals surface area contributed by atoms with Gasteiger partial charge in [0.2, 0.25) is 0 Å². The second kappa shape index (κ2) is 9.18. The predicted octanol–water partition coefficient (Wildman–Crippen LogP) is 3.23. The van der Waals surface area contributed by atoms with E-state index in [1.807, 2.05) is 30.2 Å². The van der Waals surface area contributed by atoms with Gasteiger partial charge in [0, 0.05) is 44.0 Å². The molecular weight excluding hydrogens is 458 g/mol. The minimum absolute atomic E-state index is 0.210. The van der Waals surface area contributed by atoms with Gasteiger partial charge in [0.05, 0.1) is 24.6 Å². The lowest BCUT2D eigenvalue weighted by Crippen LogP contribution is -2.44. The number of rotatable bonds is 3. The number of fused-ring (bicyclic) bond motifs is 1. The van der Waals surface area contributed by atoms with Gasteiger partial charge in [0.25, 0.3) is 0 Å². The Kier molecular flexibility index (Phi) is 6.45. The number of nitrogens with zero attached hydrogens (tertiary/aromatic N) is 5. The number of halogens is 4. The molecule has 1 aromatic carbocycles. The largest absolute Gasteiger partial charge is 0.490 e. The number of carboxylic acid groups (broad SMARTS) is 1. The minimum atomic E-state index is -5.08. The van der Waals surface area contributed by atoms with Crippen LogP contribution in [0.4, 0.5) is 17.6 Å². The molecule has 1 N–H and O–H groups in total. The van der Waals surface area contributed by atoms with Crippen LogP contribution in [0.5, 0.6) is 0 Å². The van der Waals surface area contributed by atoms with Gasteiger partial charge >= 0.3 is 12.1 Å². The summed E-state index contributed by atoms with van der Waals surface area (Å²) in [4.78, 5) is 15.8. The molecule has 34 heavy (non-hydrogen) atoms. The Hall–Kier alpha value is -3.25. The third-order valence-corrected chi connectivity index (χ3v) is 5.81. The summed E-state index contributed by atoms with van der Waals surface area (Å²) in [6.45, 7) is 4.00. The molecule has 2 aliphatic heterocycles. The lowest BCUT2D eigenvalue weighted by molar-refractivity contribution is -0.192. The topological polar surface area (TPSA) is 85.4 Å². The zero-order valence-corrected chi connectivity index (χ0v) is 18.3. The molecule has 0 amide bonds. The average Bonchev–Trinajstić information content (AvgIpc) is 3.47. The second-order valence-electron chi connectivity index (χ2n) is 8.41. The Balaban J connectivity index is 0.000000344. The Morgan fingerprint density at radius 3 is 2.68 bits per heavy atom. The highest BCUT2D eigenvalue weighted by molar-refractivity contribution is 5.73. The molecule has 0 bridgehead atoms. The molecule has 1 spiro atoms. The van der Waals surface area contributed by atoms with Crippen molar-refractivity contribution in [2.24, 2.45) is 7.05 Å². The van der Waals surface area contributed by atoms with Crippen molar-refractivity contribution in [3.05, 3.63) is 60.1 Å². The molecule has 8 nitrogen and oxygen atoms in total. The zero-order chi connectivity index (χ0) is 24.5. The average molecular weight is 481 g/mol. The van der Waals surface area contributed by atoms with Crippen LogP contribution in [-0.4, -0.2) is 60.2 Å². The van der Waals surface area contributed by atoms with E-state index in [0.29, 0.717) is 6.61 Å². The summed E-state index contributed by atoms with van der Waals surface area (Å²) in [6, 6.07) is 6.70. The molecule has 1 saturated heterocycles. The number of hydrogen-bond acceptors (Lipinski definition) is 5. The van der Waals surface area contributed by atoms with Crippen molar-refractivity contribution in [1.29, 1.82) is 0 Å². The number of benzene rings is 1. The summed E-state index contributed by atoms with van der Waals surface area (Å²) >= 11 is 0. The number of aromatic nitrogens is 4. The predicted molar refractivity (Wildman–Crippen MR) is 112 cm³/mol. The summed E-state index contributed by atoms with van der Waals surface area (Å²) in [5.74, 6) is -2.08. The van der Waals surface area contributed by atoms with Gasteiger partial charge in [0.1, 0.15) is 23.8 Å². The van der Waals surface area contributed by atoms with Crippen molar-refractivity contribution >= 4 is 5.97 Å². The molecule has 1 atom stereocenters. The van der Waals surface area contributed by atoms with Crippen molar-refractivity contribution < 1.29 is 32.2 Å². The number of hydrogen-bond donors (Lipinski definition) is 1. The monoisotopic (exact) mass is 481 g/mol. The Labute approximate surface area is 192 Å². The summed E-state index contributed by atoms with van der Waals surface area (Å²) in [7, 11) is 1.94. The summed E-state index contributed by atoms with van der Waals surface area (Å²) in [5, 5.41) is 11.4. The van der Waals surface area contributed by atoms with Gasteiger partial charge in [-0.15, -0.1) is 0 Å². The van der Waals surface area contributed by atoms with Gasteiger partial charge in [-0.05, 0) is 18.6 Å². The standard InChI is InChI=1S/C20H22FN5O.C2HF3O2/c1-24-10-15(8-23-24)11-25-6-5-20(13-25)14-26-18(9-22-19(26)12-27-20)16-3-2-4-17(21)7-16;3-2(4,5)1(6)7/h2-4,7-10H,5-6,11-14H2,1H3;(H,6,7). The van der Waals surface area contributed by atoms with Crippen LogP contribution in [0.3, 0.4) is 0 Å². The van der Waals surface area contributed by atoms with Crippen LogP contribution in [0.2, 0.25) is 0 Å². The number of ether oxygens (including phenoxy) is 1. The van der Waals surface area contributed by atoms with Crippen molar-refractivity contribution in [2.75, 3.05) is 13.1 Å². The molecule has 3 aromatic rings. The summed E-state index contributed by atoms with van der Waals surface area (Å²) in [5.41, 5.74) is 2.82. The second-order valence-corrected chi connectivity index (χ2v) is 8.41. The van der Waals surface area contributed by atoms with Gasteiger partial charge in [-0.25, -0.2) is 14.2 Å². The van der Waals surface area contributed by atoms with E-state index in [9.17, 15) is 17.6 Å². The highest BCUT2D eigenvalue weighted by Crippen LogP contribution is 2.35. The first kappa shape index (κ1) is 23.9. The maximum Gasteiger partial charge on any atom is 0.490 e. The van der Waals surface area contributed by atoms with E-state index in [0.717, 1.165) is 49.7 Å². The van der Waals surface area contributed by atoms with E-state index in [1.165, 1.54) is 11.6 Å². The number of carboxylic acids is 1. The fourth-order valence-corrected chi connectivity index (χ4v) is 4.26. The third kappa shape index (κ3) is 5.28. The van der Waals surface area contributed by atoms with E-state index in [-0.39, 0.29) is 11.4 Å². The van der Waals surface area contributed by atoms with Crippen LogP contribution in [0, 0.1) is 5.82 Å². The van der Waals surface area contributed by atoms with Gasteiger partial charge < -0.3 is 14.4 Å². The number of aryl methyl sites for hydroxylation is 1. The van der Waals surface area contributed by atoms with Gasteiger partial charge in [-0.1, -0.05) is 12.1 Å². The van der Waals surface area contributed by atoms with Crippen molar-refractivity contribution in [3.63, 3.8) is 0 Å². The highest BCUT2D eigenvalue weighted by atomic mass is 19.4. The van der Waals surface area contributed by atoms with Crippen LogP contribution in [0.25, 0.3) is 11.3 Å². The van der Waals surface area contributed by atoms with Crippen LogP contribution < -0.4 is 0 Å². The maximum atomic E-state index is 13.7. The normalized spacial score (nSPS) is 20.1. The van der Waals surface area contributed by atoms with Gasteiger partial charge in [-0.3, -0.25) is 9.58 Å². The van der Waals surface area contributed by atoms with Gasteiger partial charge in [-0.2, -0.15) is 18.3 Å². The molecule has 2 aromatic heterocycles. The van der Waals surface area contributed by atoms with Crippen LogP contribution in [0.15, 0.2) is 42.9 Å². The van der Waals surface area contributed by atoms with E-state index in [1.54, 1.807) is 12.1 Å². The quantitative estimate of drug-likeness (QED) is 0.579. The summed E-state index contributed by atoms with van der Waals surface area (Å²) in [6.07, 6.45) is 1.70. The lowest BCUT2D eigenvalue weighted by atomic mass is 10.0. The molecule has 0 saturated carbocycles. The molecule has 12 heteroatoms. The molecule has 0 aliphatic carbocycles.